The summed E-state index contributed by atoms with van der Waals surface area (Å²) in [6.07, 6.45) is -0.426. The molecule has 1 aromatic rings. The van der Waals surface area contributed by atoms with Gasteiger partial charge < -0.3 is 14.9 Å². The molecule has 7 heteroatoms. The minimum Gasteiger partial charge on any atom is -0.494 e. The van der Waals surface area contributed by atoms with Gasteiger partial charge in [-0.1, -0.05) is 0 Å². The van der Waals surface area contributed by atoms with Crippen molar-refractivity contribution in [3.63, 3.8) is 0 Å². The van der Waals surface area contributed by atoms with Crippen molar-refractivity contribution in [2.24, 2.45) is 5.10 Å². The molecule has 0 aliphatic carbocycles. The number of carboxylic acids is 2. The zero-order valence-corrected chi connectivity index (χ0v) is 11.0. The summed E-state index contributed by atoms with van der Waals surface area (Å²) in [5.41, 5.74) is 2.93. The van der Waals surface area contributed by atoms with Crippen LogP contribution >= 0.6 is 0 Å². The summed E-state index contributed by atoms with van der Waals surface area (Å²) < 4.78 is 5.27. The molecule has 0 amide bonds. The minimum absolute atomic E-state index is 0.144. The van der Waals surface area contributed by atoms with E-state index in [2.05, 4.69) is 10.5 Å². The lowest BCUT2D eigenvalue weighted by Gasteiger charge is -2.05. The number of carboxylic acid groups (broad SMARTS) is 2. The Bertz CT molecular complexity index is 496. The topological polar surface area (TPSA) is 108 Å². The summed E-state index contributed by atoms with van der Waals surface area (Å²) in [6, 6.07) is 6.81. The molecule has 0 saturated carbocycles. The van der Waals surface area contributed by atoms with Crippen LogP contribution in [0.15, 0.2) is 29.4 Å². The smallest absolute Gasteiger partial charge is 0.352 e. The van der Waals surface area contributed by atoms with Gasteiger partial charge in [-0.3, -0.25) is 10.2 Å². The first-order valence-electron chi connectivity index (χ1n) is 6.03. The van der Waals surface area contributed by atoms with Crippen molar-refractivity contribution in [2.45, 2.75) is 19.8 Å². The molecule has 0 spiro atoms. The lowest BCUT2D eigenvalue weighted by atomic mass is 10.2. The highest BCUT2D eigenvalue weighted by Gasteiger charge is 2.11. The van der Waals surface area contributed by atoms with Gasteiger partial charge in [0.2, 0.25) is 0 Å². The molecule has 0 saturated heterocycles. The largest absolute Gasteiger partial charge is 0.494 e. The lowest BCUT2D eigenvalue weighted by molar-refractivity contribution is -0.136. The maximum Gasteiger partial charge on any atom is 0.352 e. The van der Waals surface area contributed by atoms with Crippen LogP contribution in [-0.4, -0.2) is 34.5 Å². The molecule has 0 aliphatic rings. The number of hydrazone groups is 1. The van der Waals surface area contributed by atoms with E-state index in [-0.39, 0.29) is 18.6 Å². The molecule has 1 rings (SSSR count). The standard InChI is InChI=1S/C13H16N2O5/c1-2-20-10-5-3-9(4-6-10)14-15-11(13(18)19)7-8-12(16)17/h3-6,14H,2,7-8H2,1H3,(H,16,17)(H,18,19)/b15-11+. The molecule has 0 radical (unpaired) electrons. The van der Waals surface area contributed by atoms with E-state index in [0.717, 1.165) is 0 Å². The number of ether oxygens (including phenoxy) is 1. The number of hydrogen-bond donors (Lipinski definition) is 3. The first kappa shape index (κ1) is 15.5. The van der Waals surface area contributed by atoms with Gasteiger partial charge in [0.15, 0.2) is 0 Å². The average Bonchev–Trinajstić information content (AvgIpc) is 2.40. The second kappa shape index (κ2) is 7.78. The highest BCUT2D eigenvalue weighted by atomic mass is 16.5. The van der Waals surface area contributed by atoms with Crippen molar-refractivity contribution < 1.29 is 24.5 Å². The second-order valence-corrected chi connectivity index (χ2v) is 3.83. The quantitative estimate of drug-likeness (QED) is 0.495. The molecule has 0 unspecified atom stereocenters. The first-order valence-corrected chi connectivity index (χ1v) is 6.03. The Morgan fingerprint density at radius 1 is 1.20 bits per heavy atom. The van der Waals surface area contributed by atoms with Gasteiger partial charge >= 0.3 is 11.9 Å². The third kappa shape index (κ3) is 5.38. The fourth-order valence-electron chi connectivity index (χ4n) is 1.36. The van der Waals surface area contributed by atoms with E-state index in [0.29, 0.717) is 18.0 Å². The molecule has 0 atom stereocenters. The van der Waals surface area contributed by atoms with Crippen LogP contribution in [0.25, 0.3) is 0 Å². The predicted molar refractivity (Wildman–Crippen MR) is 73.2 cm³/mol. The highest BCUT2D eigenvalue weighted by Crippen LogP contribution is 2.15. The maximum atomic E-state index is 10.9. The summed E-state index contributed by atoms with van der Waals surface area (Å²) in [6.45, 7) is 2.43. The molecule has 7 nitrogen and oxygen atoms in total. The fraction of sp³-hybridized carbons (Fsp3) is 0.308. The van der Waals surface area contributed by atoms with Crippen LogP contribution in [0.1, 0.15) is 19.8 Å². The maximum absolute atomic E-state index is 10.9. The molecule has 0 aliphatic heterocycles. The molecule has 108 valence electrons. The molecule has 3 N–H and O–H groups in total. The van der Waals surface area contributed by atoms with Crippen molar-refractivity contribution in [2.75, 3.05) is 12.0 Å². The Balaban J connectivity index is 2.66. The zero-order valence-electron chi connectivity index (χ0n) is 11.0. The summed E-state index contributed by atoms with van der Waals surface area (Å²) in [5, 5.41) is 21.1. The number of nitrogens with one attached hydrogen (secondary N) is 1. The van der Waals surface area contributed by atoms with E-state index in [4.69, 9.17) is 14.9 Å². The number of nitrogens with zero attached hydrogens (tertiary/aromatic N) is 1. The van der Waals surface area contributed by atoms with Crippen molar-refractivity contribution in [1.82, 2.24) is 0 Å². The Labute approximate surface area is 115 Å². The van der Waals surface area contributed by atoms with Crippen LogP contribution in [0.5, 0.6) is 5.75 Å². The number of benzene rings is 1. The van der Waals surface area contributed by atoms with Gasteiger partial charge in [-0.15, -0.1) is 0 Å². The van der Waals surface area contributed by atoms with Crippen molar-refractivity contribution in [1.29, 1.82) is 0 Å². The van der Waals surface area contributed by atoms with Crippen molar-refractivity contribution in [3.05, 3.63) is 24.3 Å². The van der Waals surface area contributed by atoms with Gasteiger partial charge in [0, 0.05) is 6.42 Å². The summed E-state index contributed by atoms with van der Waals surface area (Å²) in [5.74, 6) is -1.61. The number of carbonyl (C=O) groups is 2. The van der Waals surface area contributed by atoms with E-state index in [1.807, 2.05) is 6.92 Å². The van der Waals surface area contributed by atoms with Gasteiger partial charge in [0.05, 0.1) is 18.7 Å². The normalized spacial score (nSPS) is 10.9. The Hall–Kier alpha value is -2.57. The number of hydrogen-bond acceptors (Lipinski definition) is 5. The van der Waals surface area contributed by atoms with E-state index < -0.39 is 11.9 Å². The molecule has 0 heterocycles. The molecular formula is C13H16N2O5. The van der Waals surface area contributed by atoms with E-state index in [1.54, 1.807) is 24.3 Å². The molecule has 0 aromatic heterocycles. The van der Waals surface area contributed by atoms with Gasteiger partial charge in [0.25, 0.3) is 0 Å². The molecule has 1 aromatic carbocycles. The van der Waals surface area contributed by atoms with Gasteiger partial charge in [-0.2, -0.15) is 5.10 Å². The van der Waals surface area contributed by atoms with Gasteiger partial charge in [-0.25, -0.2) is 4.79 Å². The summed E-state index contributed by atoms with van der Waals surface area (Å²) in [7, 11) is 0. The monoisotopic (exact) mass is 280 g/mol. The fourth-order valence-corrected chi connectivity index (χ4v) is 1.36. The Morgan fingerprint density at radius 2 is 1.85 bits per heavy atom. The van der Waals surface area contributed by atoms with Crippen LogP contribution in [0.4, 0.5) is 5.69 Å². The Kier molecular flexibility index (Phi) is 6.02. The van der Waals surface area contributed by atoms with E-state index in [9.17, 15) is 9.59 Å². The van der Waals surface area contributed by atoms with Crippen LogP contribution in [0, 0.1) is 0 Å². The van der Waals surface area contributed by atoms with E-state index >= 15 is 0 Å². The summed E-state index contributed by atoms with van der Waals surface area (Å²) in [4.78, 5) is 21.3. The molecule has 0 fully saturated rings. The van der Waals surface area contributed by atoms with Crippen LogP contribution in [-0.2, 0) is 9.59 Å². The van der Waals surface area contributed by atoms with Crippen LogP contribution in [0.2, 0.25) is 0 Å². The van der Waals surface area contributed by atoms with Crippen LogP contribution < -0.4 is 10.2 Å². The zero-order chi connectivity index (χ0) is 15.0. The van der Waals surface area contributed by atoms with E-state index in [1.165, 1.54) is 0 Å². The highest BCUT2D eigenvalue weighted by molar-refractivity contribution is 6.35. The van der Waals surface area contributed by atoms with Crippen LogP contribution in [0.3, 0.4) is 0 Å². The SMILES string of the molecule is CCOc1ccc(N/N=C(\CCC(=O)O)C(=O)O)cc1. The van der Waals surface area contributed by atoms with Crippen molar-refractivity contribution in [3.8, 4) is 5.75 Å². The number of rotatable bonds is 8. The first-order chi connectivity index (χ1) is 9.52. The van der Waals surface area contributed by atoms with Crippen molar-refractivity contribution >= 4 is 23.3 Å². The lowest BCUT2D eigenvalue weighted by Crippen LogP contribution is -2.16. The number of anilines is 1. The Morgan fingerprint density at radius 3 is 2.35 bits per heavy atom. The molecule has 20 heavy (non-hydrogen) atoms. The third-order valence-electron chi connectivity index (χ3n) is 2.31. The van der Waals surface area contributed by atoms with Gasteiger partial charge in [-0.05, 0) is 31.2 Å². The predicted octanol–water partition coefficient (Wildman–Crippen LogP) is 1.80. The second-order valence-electron chi connectivity index (χ2n) is 3.83. The minimum atomic E-state index is -1.25. The third-order valence-corrected chi connectivity index (χ3v) is 2.31. The summed E-state index contributed by atoms with van der Waals surface area (Å²) >= 11 is 0. The molecule has 0 bridgehead atoms. The number of aliphatic carboxylic acids is 2. The van der Waals surface area contributed by atoms with Gasteiger partial charge in [0.1, 0.15) is 11.5 Å². The molecular weight excluding hydrogens is 264 g/mol. The average molecular weight is 280 g/mol.